The molecule has 122 valence electrons. The highest BCUT2D eigenvalue weighted by atomic mass is 19.1. The minimum Gasteiger partial charge on any atom is -0.375 e. The Morgan fingerprint density at radius 1 is 1.17 bits per heavy atom. The van der Waals surface area contributed by atoms with Crippen LogP contribution in [0.1, 0.15) is 22.8 Å². The van der Waals surface area contributed by atoms with E-state index in [9.17, 15) is 9.18 Å². The van der Waals surface area contributed by atoms with Gasteiger partial charge in [-0.05, 0) is 54.8 Å². The molecule has 0 spiro atoms. The number of carbonyl (C=O) groups is 1. The minimum absolute atomic E-state index is 0.247. The number of benzene rings is 2. The van der Waals surface area contributed by atoms with E-state index in [0.717, 1.165) is 16.8 Å². The molecule has 1 unspecified atom stereocenters. The lowest BCUT2D eigenvalue weighted by atomic mass is 10.1. The first kappa shape index (κ1) is 17.0. The quantitative estimate of drug-likeness (QED) is 0.877. The highest BCUT2D eigenvalue weighted by molar-refractivity contribution is 5.89. The molecule has 0 radical (unpaired) electrons. The molecule has 0 aliphatic rings. The molecule has 5 heteroatoms. The van der Waals surface area contributed by atoms with Crippen LogP contribution < -0.4 is 10.6 Å². The summed E-state index contributed by atoms with van der Waals surface area (Å²) in [6.45, 7) is 4.19. The van der Waals surface area contributed by atoms with Crippen LogP contribution in [0.2, 0.25) is 0 Å². The SMILES string of the molecule is COC(CNC(=O)Nc1cc(C)cc(C)c1)c1cccc(F)c1. The van der Waals surface area contributed by atoms with E-state index >= 15 is 0 Å². The van der Waals surface area contributed by atoms with Crippen molar-refractivity contribution in [2.24, 2.45) is 0 Å². The molecule has 2 aromatic carbocycles. The standard InChI is InChI=1S/C18H21FN2O2/c1-12-7-13(2)9-16(8-12)21-18(22)20-11-17(23-3)14-5-4-6-15(19)10-14/h4-10,17H,11H2,1-3H3,(H2,20,21,22). The third kappa shape index (κ3) is 5.07. The summed E-state index contributed by atoms with van der Waals surface area (Å²) in [4.78, 5) is 12.0. The van der Waals surface area contributed by atoms with Gasteiger partial charge in [-0.1, -0.05) is 18.2 Å². The van der Waals surface area contributed by atoms with Crippen molar-refractivity contribution in [2.75, 3.05) is 19.0 Å². The molecule has 0 saturated heterocycles. The van der Waals surface area contributed by atoms with Gasteiger partial charge in [0, 0.05) is 19.3 Å². The van der Waals surface area contributed by atoms with E-state index in [2.05, 4.69) is 10.6 Å². The fraction of sp³-hybridized carbons (Fsp3) is 0.278. The highest BCUT2D eigenvalue weighted by Gasteiger charge is 2.13. The predicted octanol–water partition coefficient (Wildman–Crippen LogP) is 3.95. The Kier molecular flexibility index (Phi) is 5.71. The number of rotatable bonds is 5. The molecule has 0 bridgehead atoms. The number of amides is 2. The molecule has 0 aliphatic carbocycles. The molecule has 0 aromatic heterocycles. The van der Waals surface area contributed by atoms with Gasteiger partial charge in [0.15, 0.2) is 0 Å². The maximum atomic E-state index is 13.3. The lowest BCUT2D eigenvalue weighted by molar-refractivity contribution is 0.104. The van der Waals surface area contributed by atoms with Gasteiger partial charge in [-0.15, -0.1) is 0 Å². The number of hydrogen-bond acceptors (Lipinski definition) is 2. The van der Waals surface area contributed by atoms with Crippen LogP contribution in [0.15, 0.2) is 42.5 Å². The predicted molar refractivity (Wildman–Crippen MR) is 89.1 cm³/mol. The second-order valence-electron chi connectivity index (χ2n) is 5.49. The maximum Gasteiger partial charge on any atom is 0.319 e. The summed E-state index contributed by atoms with van der Waals surface area (Å²) in [6.07, 6.45) is -0.407. The normalized spacial score (nSPS) is 11.8. The third-order valence-electron chi connectivity index (χ3n) is 3.43. The van der Waals surface area contributed by atoms with Gasteiger partial charge in [-0.2, -0.15) is 0 Å². The highest BCUT2D eigenvalue weighted by Crippen LogP contribution is 2.17. The zero-order valence-electron chi connectivity index (χ0n) is 13.5. The number of urea groups is 1. The number of methoxy groups -OCH3 is 1. The molecule has 2 rings (SSSR count). The molecule has 4 nitrogen and oxygen atoms in total. The van der Waals surface area contributed by atoms with Crippen LogP contribution in [-0.4, -0.2) is 19.7 Å². The van der Waals surface area contributed by atoms with Crippen molar-refractivity contribution in [1.29, 1.82) is 0 Å². The van der Waals surface area contributed by atoms with Gasteiger partial charge in [0.25, 0.3) is 0 Å². The lowest BCUT2D eigenvalue weighted by Crippen LogP contribution is -2.33. The zero-order chi connectivity index (χ0) is 16.8. The van der Waals surface area contributed by atoms with Crippen LogP contribution in [-0.2, 0) is 4.74 Å². The largest absolute Gasteiger partial charge is 0.375 e. The van der Waals surface area contributed by atoms with E-state index in [-0.39, 0.29) is 18.4 Å². The Morgan fingerprint density at radius 2 is 1.87 bits per heavy atom. The molecule has 2 N–H and O–H groups in total. The van der Waals surface area contributed by atoms with E-state index in [1.54, 1.807) is 12.1 Å². The summed E-state index contributed by atoms with van der Waals surface area (Å²) >= 11 is 0. The van der Waals surface area contributed by atoms with E-state index in [0.29, 0.717) is 5.56 Å². The second kappa shape index (κ2) is 7.74. The summed E-state index contributed by atoms with van der Waals surface area (Å²) in [7, 11) is 1.53. The summed E-state index contributed by atoms with van der Waals surface area (Å²) in [6, 6.07) is 11.7. The average molecular weight is 316 g/mol. The third-order valence-corrected chi connectivity index (χ3v) is 3.43. The van der Waals surface area contributed by atoms with Crippen molar-refractivity contribution < 1.29 is 13.9 Å². The van der Waals surface area contributed by atoms with Crippen molar-refractivity contribution >= 4 is 11.7 Å². The number of halogens is 1. The summed E-state index contributed by atoms with van der Waals surface area (Å²) in [5.74, 6) is -0.329. The topological polar surface area (TPSA) is 50.4 Å². The molecular weight excluding hydrogens is 295 g/mol. The van der Waals surface area contributed by atoms with Crippen molar-refractivity contribution in [1.82, 2.24) is 5.32 Å². The number of aryl methyl sites for hydroxylation is 2. The molecule has 0 aliphatic heterocycles. The Morgan fingerprint density at radius 3 is 2.48 bits per heavy atom. The van der Waals surface area contributed by atoms with Gasteiger partial charge in [0.05, 0.1) is 6.10 Å². The molecule has 0 saturated carbocycles. The maximum absolute atomic E-state index is 13.3. The summed E-state index contributed by atoms with van der Waals surface area (Å²) in [5.41, 5.74) is 3.57. The van der Waals surface area contributed by atoms with Gasteiger partial charge in [-0.25, -0.2) is 9.18 Å². The first-order chi connectivity index (χ1) is 11.0. The summed E-state index contributed by atoms with van der Waals surface area (Å²) in [5, 5.41) is 5.53. The number of carbonyl (C=O) groups excluding carboxylic acids is 1. The molecule has 1 atom stereocenters. The van der Waals surface area contributed by atoms with E-state index < -0.39 is 6.10 Å². The number of hydrogen-bond donors (Lipinski definition) is 2. The lowest BCUT2D eigenvalue weighted by Gasteiger charge is -2.17. The van der Waals surface area contributed by atoms with Crippen molar-refractivity contribution in [2.45, 2.75) is 20.0 Å². The fourth-order valence-corrected chi connectivity index (χ4v) is 2.45. The molecule has 23 heavy (non-hydrogen) atoms. The van der Waals surface area contributed by atoms with E-state index in [1.807, 2.05) is 32.0 Å². The van der Waals surface area contributed by atoms with Crippen molar-refractivity contribution in [3.8, 4) is 0 Å². The van der Waals surface area contributed by atoms with Gasteiger partial charge in [0.1, 0.15) is 5.82 Å². The fourth-order valence-electron chi connectivity index (χ4n) is 2.45. The number of ether oxygens (including phenoxy) is 1. The van der Waals surface area contributed by atoms with Crippen LogP contribution in [0.3, 0.4) is 0 Å². The van der Waals surface area contributed by atoms with Gasteiger partial charge in [0.2, 0.25) is 0 Å². The number of nitrogens with one attached hydrogen (secondary N) is 2. The molecular formula is C18H21FN2O2. The van der Waals surface area contributed by atoms with Crippen LogP contribution >= 0.6 is 0 Å². The monoisotopic (exact) mass is 316 g/mol. The Hall–Kier alpha value is -2.40. The van der Waals surface area contributed by atoms with Crippen LogP contribution in [0, 0.1) is 19.7 Å². The van der Waals surface area contributed by atoms with Gasteiger partial charge < -0.3 is 15.4 Å². The Bertz CT molecular complexity index is 668. The zero-order valence-corrected chi connectivity index (χ0v) is 13.5. The van der Waals surface area contributed by atoms with Crippen molar-refractivity contribution in [3.05, 3.63) is 65.0 Å². The smallest absolute Gasteiger partial charge is 0.319 e. The second-order valence-corrected chi connectivity index (χ2v) is 5.49. The van der Waals surface area contributed by atoms with E-state index in [1.165, 1.54) is 19.2 Å². The molecule has 2 aromatic rings. The minimum atomic E-state index is -0.407. The summed E-state index contributed by atoms with van der Waals surface area (Å²) < 4.78 is 18.6. The Balaban J connectivity index is 1.94. The van der Waals surface area contributed by atoms with E-state index in [4.69, 9.17) is 4.74 Å². The van der Waals surface area contributed by atoms with Gasteiger partial charge in [-0.3, -0.25) is 0 Å². The van der Waals surface area contributed by atoms with Crippen molar-refractivity contribution in [3.63, 3.8) is 0 Å². The van der Waals surface area contributed by atoms with Crippen LogP contribution in [0.4, 0.5) is 14.9 Å². The first-order valence-corrected chi connectivity index (χ1v) is 7.39. The Labute approximate surface area is 135 Å². The first-order valence-electron chi connectivity index (χ1n) is 7.39. The van der Waals surface area contributed by atoms with Crippen LogP contribution in [0.5, 0.6) is 0 Å². The van der Waals surface area contributed by atoms with Gasteiger partial charge >= 0.3 is 6.03 Å². The number of anilines is 1. The molecule has 0 heterocycles. The average Bonchev–Trinajstić information content (AvgIpc) is 2.46. The van der Waals surface area contributed by atoms with Crippen LogP contribution in [0.25, 0.3) is 0 Å². The molecule has 0 fully saturated rings. The molecule has 2 amide bonds.